The number of pyridine rings is 2. The third-order valence-corrected chi connectivity index (χ3v) is 8.26. The number of ether oxygens (including phenoxy) is 1. The second kappa shape index (κ2) is 11.8. The molecule has 1 N–H and O–H groups in total. The molecule has 0 amide bonds. The Balaban J connectivity index is 1.50. The Hall–Kier alpha value is -3.43. The lowest BCUT2D eigenvalue weighted by Crippen LogP contribution is -2.39. The van der Waals surface area contributed by atoms with Gasteiger partial charge in [0.15, 0.2) is 5.82 Å². The average Bonchev–Trinajstić information content (AvgIpc) is 3.67. The first kappa shape index (κ1) is 25.8. The summed E-state index contributed by atoms with van der Waals surface area (Å²) < 4.78 is 8.10. The zero-order valence-electron chi connectivity index (χ0n) is 22.6. The highest BCUT2D eigenvalue weighted by Gasteiger charge is 2.35. The maximum absolute atomic E-state index is 13.8. The second-order valence-corrected chi connectivity index (χ2v) is 10.9. The molecular weight excluding hydrogens is 490 g/mol. The van der Waals surface area contributed by atoms with Crippen LogP contribution in [0.2, 0.25) is 0 Å². The molecule has 0 bridgehead atoms. The molecular formula is C30H37N7O2. The van der Waals surface area contributed by atoms with Crippen LogP contribution in [0.15, 0.2) is 53.6 Å². The number of aromatic amines is 1. The van der Waals surface area contributed by atoms with Crippen LogP contribution in [-0.2, 0) is 17.7 Å². The molecule has 4 aromatic rings. The number of tetrazole rings is 1. The van der Waals surface area contributed by atoms with Crippen molar-refractivity contribution in [3.63, 3.8) is 0 Å². The number of fused-ring (bicyclic) bond motifs is 1. The first-order valence-corrected chi connectivity index (χ1v) is 14.4. The van der Waals surface area contributed by atoms with Crippen LogP contribution in [0.1, 0.15) is 86.5 Å². The molecule has 0 spiro atoms. The standard InChI is InChI=1S/C30H37N7O2/c1-2-21-12-13-27-23(16-21)17-26(30(38)32-27)28(29-33-34-35-37(29)24-9-4-3-5-10-24)36(20-25-11-7-15-39-25)19-22-8-6-14-31-18-22/h6,8,12-14,16-18,24-25,28H,2-5,7,9-11,15,19-20H2,1H3,(H,32,38)/t25-,28+/m0/s1. The molecule has 3 aromatic heterocycles. The molecule has 2 atom stereocenters. The minimum atomic E-state index is -0.440. The fourth-order valence-electron chi connectivity index (χ4n) is 6.20. The number of hydrogen-bond donors (Lipinski definition) is 1. The number of rotatable bonds is 9. The van der Waals surface area contributed by atoms with Gasteiger partial charge in [-0.3, -0.25) is 14.7 Å². The molecule has 2 fully saturated rings. The van der Waals surface area contributed by atoms with Crippen molar-refractivity contribution in [1.82, 2.24) is 35.1 Å². The Labute approximate surface area is 228 Å². The first-order valence-electron chi connectivity index (χ1n) is 14.4. The molecule has 1 saturated carbocycles. The van der Waals surface area contributed by atoms with E-state index in [4.69, 9.17) is 4.74 Å². The summed E-state index contributed by atoms with van der Waals surface area (Å²) in [5.41, 5.74) is 3.69. The lowest BCUT2D eigenvalue weighted by Gasteiger charge is -2.34. The number of H-pyrrole nitrogens is 1. The number of aryl methyl sites for hydroxylation is 1. The third-order valence-electron chi connectivity index (χ3n) is 8.26. The van der Waals surface area contributed by atoms with Gasteiger partial charge in [-0.15, -0.1) is 5.10 Å². The summed E-state index contributed by atoms with van der Waals surface area (Å²) in [6.07, 6.45) is 12.4. The Morgan fingerprint density at radius 3 is 2.77 bits per heavy atom. The van der Waals surface area contributed by atoms with Crippen molar-refractivity contribution in [2.45, 2.75) is 83.0 Å². The van der Waals surface area contributed by atoms with E-state index in [1.165, 1.54) is 24.8 Å². The van der Waals surface area contributed by atoms with Gasteiger partial charge in [0.25, 0.3) is 5.56 Å². The minimum absolute atomic E-state index is 0.0921. The predicted molar refractivity (Wildman–Crippen MR) is 149 cm³/mol. The second-order valence-electron chi connectivity index (χ2n) is 10.9. The van der Waals surface area contributed by atoms with E-state index >= 15 is 0 Å². The van der Waals surface area contributed by atoms with Crippen molar-refractivity contribution in [2.75, 3.05) is 13.2 Å². The molecule has 0 radical (unpaired) electrons. The van der Waals surface area contributed by atoms with Crippen LogP contribution in [0.3, 0.4) is 0 Å². The summed E-state index contributed by atoms with van der Waals surface area (Å²) in [5, 5.41) is 14.3. The maximum atomic E-state index is 13.8. The monoisotopic (exact) mass is 527 g/mol. The lowest BCUT2D eigenvalue weighted by atomic mass is 9.95. The Kier molecular flexibility index (Phi) is 7.78. The fraction of sp³-hybridized carbons (Fsp3) is 0.500. The number of nitrogens with one attached hydrogen (secondary N) is 1. The first-order chi connectivity index (χ1) is 19.2. The molecule has 1 aliphatic heterocycles. The molecule has 6 rings (SSSR count). The van der Waals surface area contributed by atoms with Gasteiger partial charge < -0.3 is 9.72 Å². The van der Waals surface area contributed by atoms with E-state index in [1.54, 1.807) is 6.20 Å². The summed E-state index contributed by atoms with van der Waals surface area (Å²) in [4.78, 5) is 23.6. The third kappa shape index (κ3) is 5.65. The molecule has 9 heteroatoms. The van der Waals surface area contributed by atoms with Gasteiger partial charge in [-0.2, -0.15) is 0 Å². The van der Waals surface area contributed by atoms with Crippen LogP contribution in [0.5, 0.6) is 0 Å². The van der Waals surface area contributed by atoms with E-state index in [1.807, 2.05) is 29.1 Å². The van der Waals surface area contributed by atoms with Crippen molar-refractivity contribution >= 4 is 10.9 Å². The van der Waals surface area contributed by atoms with E-state index in [9.17, 15) is 4.79 Å². The molecule has 2 aliphatic rings. The quantitative estimate of drug-likeness (QED) is 0.335. The van der Waals surface area contributed by atoms with Gasteiger partial charge in [0, 0.05) is 43.2 Å². The largest absolute Gasteiger partial charge is 0.377 e. The molecule has 1 saturated heterocycles. The zero-order valence-corrected chi connectivity index (χ0v) is 22.6. The fourth-order valence-corrected chi connectivity index (χ4v) is 6.20. The van der Waals surface area contributed by atoms with Crippen LogP contribution in [0.4, 0.5) is 0 Å². The summed E-state index contributed by atoms with van der Waals surface area (Å²) in [5.74, 6) is 0.722. The van der Waals surface area contributed by atoms with Crippen LogP contribution in [0.25, 0.3) is 10.9 Å². The highest BCUT2D eigenvalue weighted by atomic mass is 16.5. The predicted octanol–water partition coefficient (Wildman–Crippen LogP) is 4.75. The minimum Gasteiger partial charge on any atom is -0.377 e. The lowest BCUT2D eigenvalue weighted by molar-refractivity contribution is 0.0567. The van der Waals surface area contributed by atoms with Crippen molar-refractivity contribution in [2.24, 2.45) is 0 Å². The van der Waals surface area contributed by atoms with Crippen molar-refractivity contribution < 1.29 is 4.74 Å². The van der Waals surface area contributed by atoms with Gasteiger partial charge in [0.05, 0.1) is 12.1 Å². The van der Waals surface area contributed by atoms with E-state index in [0.29, 0.717) is 18.7 Å². The zero-order chi connectivity index (χ0) is 26.6. The molecule has 1 aliphatic carbocycles. The van der Waals surface area contributed by atoms with E-state index in [-0.39, 0.29) is 17.7 Å². The number of aromatic nitrogens is 6. The number of nitrogens with zero attached hydrogens (tertiary/aromatic N) is 6. The topological polar surface area (TPSA) is 102 Å². The smallest absolute Gasteiger partial charge is 0.253 e. The van der Waals surface area contributed by atoms with Crippen LogP contribution >= 0.6 is 0 Å². The highest BCUT2D eigenvalue weighted by molar-refractivity contribution is 5.80. The van der Waals surface area contributed by atoms with Gasteiger partial charge in [-0.25, -0.2) is 4.68 Å². The summed E-state index contributed by atoms with van der Waals surface area (Å²) in [6, 6.07) is 12.1. The maximum Gasteiger partial charge on any atom is 0.253 e. The van der Waals surface area contributed by atoms with Crippen molar-refractivity contribution in [1.29, 1.82) is 0 Å². The molecule has 204 valence electrons. The molecule has 39 heavy (non-hydrogen) atoms. The van der Waals surface area contributed by atoms with Gasteiger partial charge in [0.1, 0.15) is 6.04 Å². The van der Waals surface area contributed by atoms with Crippen LogP contribution < -0.4 is 5.56 Å². The Morgan fingerprint density at radius 2 is 2.00 bits per heavy atom. The average molecular weight is 528 g/mol. The van der Waals surface area contributed by atoms with Gasteiger partial charge >= 0.3 is 0 Å². The number of hydrogen-bond acceptors (Lipinski definition) is 7. The van der Waals surface area contributed by atoms with Gasteiger partial charge in [-0.05, 0) is 83.3 Å². The summed E-state index contributed by atoms with van der Waals surface area (Å²) in [7, 11) is 0. The normalized spacial score (nSPS) is 19.2. The van der Waals surface area contributed by atoms with E-state index in [2.05, 4.69) is 55.5 Å². The number of benzene rings is 1. The Bertz CT molecular complexity index is 1440. The van der Waals surface area contributed by atoms with Crippen LogP contribution in [-0.4, -0.2) is 54.3 Å². The Morgan fingerprint density at radius 1 is 1.10 bits per heavy atom. The van der Waals surface area contributed by atoms with Gasteiger partial charge in [0.2, 0.25) is 0 Å². The molecule has 9 nitrogen and oxygen atoms in total. The van der Waals surface area contributed by atoms with E-state index < -0.39 is 6.04 Å². The molecule has 0 unspecified atom stereocenters. The highest BCUT2D eigenvalue weighted by Crippen LogP contribution is 2.34. The van der Waals surface area contributed by atoms with E-state index in [0.717, 1.165) is 61.0 Å². The summed E-state index contributed by atoms with van der Waals surface area (Å²) >= 11 is 0. The molecule has 4 heterocycles. The van der Waals surface area contributed by atoms with Gasteiger partial charge in [-0.1, -0.05) is 38.3 Å². The summed E-state index contributed by atoms with van der Waals surface area (Å²) in [6.45, 7) is 4.18. The SMILES string of the molecule is CCc1ccc2[nH]c(=O)c([C@H](c3nnnn3C3CCCCC3)N(Cc3cccnc3)C[C@@H]3CCCO3)cc2c1. The van der Waals surface area contributed by atoms with Crippen LogP contribution in [0, 0.1) is 0 Å². The van der Waals surface area contributed by atoms with Crippen molar-refractivity contribution in [3.05, 3.63) is 81.7 Å². The van der Waals surface area contributed by atoms with Crippen molar-refractivity contribution in [3.8, 4) is 0 Å². The molecule has 1 aromatic carbocycles.